The van der Waals surface area contributed by atoms with Crippen molar-refractivity contribution in [3.05, 3.63) is 61.9 Å². The fraction of sp³-hybridized carbons (Fsp3) is 0.267. The number of nitrogens with zero attached hydrogens (tertiary/aromatic N) is 1. The summed E-state index contributed by atoms with van der Waals surface area (Å²) in [4.78, 5) is 36.3. The molecule has 0 bridgehead atoms. The number of aliphatic carboxylic acids is 1. The zero-order valence-corrected chi connectivity index (χ0v) is 13.5. The van der Waals surface area contributed by atoms with Gasteiger partial charge in [-0.2, -0.15) is 0 Å². The van der Waals surface area contributed by atoms with Crippen LogP contribution in [0.5, 0.6) is 5.75 Å². The molecule has 0 fully saturated rings. The molecule has 24 heavy (non-hydrogen) atoms. The highest BCUT2D eigenvalue weighted by Gasteiger charge is 2.18. The molecular formula is C15H16ClN3O5. The lowest BCUT2D eigenvalue weighted by Crippen LogP contribution is -2.43. The molecule has 1 atom stereocenters. The zero-order chi connectivity index (χ0) is 17.7. The number of benzene rings is 1. The van der Waals surface area contributed by atoms with Crippen molar-refractivity contribution in [1.29, 1.82) is 0 Å². The third kappa shape index (κ3) is 4.46. The number of H-pyrrole nitrogens is 1. The van der Waals surface area contributed by atoms with E-state index in [2.05, 4.69) is 5.32 Å². The number of methoxy groups -OCH3 is 1. The summed E-state index contributed by atoms with van der Waals surface area (Å²) in [5.41, 5.74) is -0.577. The highest BCUT2D eigenvalue weighted by atomic mass is 35.5. The monoisotopic (exact) mass is 353 g/mol. The lowest BCUT2D eigenvalue weighted by Gasteiger charge is -2.16. The van der Waals surface area contributed by atoms with Gasteiger partial charge in [-0.3, -0.25) is 24.5 Å². The van der Waals surface area contributed by atoms with Crippen molar-refractivity contribution in [2.45, 2.75) is 19.1 Å². The maximum absolute atomic E-state index is 11.7. The van der Waals surface area contributed by atoms with E-state index < -0.39 is 23.3 Å². The van der Waals surface area contributed by atoms with E-state index in [-0.39, 0.29) is 18.1 Å². The highest BCUT2D eigenvalue weighted by Crippen LogP contribution is 2.11. The first-order chi connectivity index (χ1) is 11.4. The summed E-state index contributed by atoms with van der Waals surface area (Å²) in [5.74, 6) is -0.430. The van der Waals surface area contributed by atoms with Gasteiger partial charge < -0.3 is 9.84 Å². The third-order valence-electron chi connectivity index (χ3n) is 3.36. The number of hydrogen-bond donors (Lipinski definition) is 3. The summed E-state index contributed by atoms with van der Waals surface area (Å²) < 4.78 is 6.10. The van der Waals surface area contributed by atoms with Crippen LogP contribution in [0.3, 0.4) is 0 Å². The van der Waals surface area contributed by atoms with Gasteiger partial charge in [0.15, 0.2) is 0 Å². The number of hydrogen-bond acceptors (Lipinski definition) is 5. The molecule has 1 heterocycles. The Balaban J connectivity index is 2.09. The quantitative estimate of drug-likeness (QED) is 0.665. The molecule has 8 nitrogen and oxygen atoms in total. The lowest BCUT2D eigenvalue weighted by molar-refractivity contribution is -0.139. The molecule has 9 heteroatoms. The first-order valence-electron chi connectivity index (χ1n) is 6.99. The van der Waals surface area contributed by atoms with Gasteiger partial charge in [0.25, 0.3) is 5.56 Å². The largest absolute Gasteiger partial charge is 0.497 e. The number of aromatic nitrogens is 2. The van der Waals surface area contributed by atoms with Crippen LogP contribution in [0.25, 0.3) is 0 Å². The number of carbonyl (C=O) groups is 1. The van der Waals surface area contributed by atoms with Gasteiger partial charge in [0, 0.05) is 12.7 Å². The van der Waals surface area contributed by atoms with Crippen LogP contribution in [-0.2, 0) is 17.9 Å². The molecule has 0 unspecified atom stereocenters. The van der Waals surface area contributed by atoms with Crippen molar-refractivity contribution in [2.75, 3.05) is 7.11 Å². The standard InChI is InChI=1S/C15H16ClN3O5/c1-24-10-4-2-9(3-5-10)6-17-12(14(21)22)8-19-7-11(16)13(20)18-15(19)23/h2-5,7,12,17H,6,8H2,1H3,(H,21,22)(H,18,20,23)/t12-/m0/s1. The van der Waals surface area contributed by atoms with E-state index in [1.807, 2.05) is 4.98 Å². The second kappa shape index (κ2) is 7.80. The molecule has 2 rings (SSSR count). The zero-order valence-electron chi connectivity index (χ0n) is 12.8. The van der Waals surface area contributed by atoms with E-state index in [4.69, 9.17) is 16.3 Å². The molecule has 3 N–H and O–H groups in total. The van der Waals surface area contributed by atoms with Crippen LogP contribution in [0.15, 0.2) is 40.1 Å². The molecule has 0 spiro atoms. The normalized spacial score (nSPS) is 11.9. The predicted molar refractivity (Wildman–Crippen MR) is 87.6 cm³/mol. The van der Waals surface area contributed by atoms with Crippen LogP contribution in [-0.4, -0.2) is 33.8 Å². The number of carboxylic acids is 1. The summed E-state index contributed by atoms with van der Waals surface area (Å²) in [7, 11) is 1.56. The van der Waals surface area contributed by atoms with Crippen molar-refractivity contribution in [1.82, 2.24) is 14.9 Å². The fourth-order valence-corrected chi connectivity index (χ4v) is 2.19. The van der Waals surface area contributed by atoms with Gasteiger partial charge in [0.2, 0.25) is 0 Å². The maximum atomic E-state index is 11.7. The molecule has 0 aliphatic heterocycles. The minimum Gasteiger partial charge on any atom is -0.497 e. The Labute approximate surface area is 141 Å². The summed E-state index contributed by atoms with van der Waals surface area (Å²) in [6, 6.07) is 6.09. The van der Waals surface area contributed by atoms with Gasteiger partial charge in [-0.25, -0.2) is 4.79 Å². The van der Waals surface area contributed by atoms with Crippen LogP contribution in [0.1, 0.15) is 5.56 Å². The van der Waals surface area contributed by atoms with Crippen molar-refractivity contribution in [2.24, 2.45) is 0 Å². The van der Waals surface area contributed by atoms with E-state index in [1.165, 1.54) is 0 Å². The number of carboxylic acid groups (broad SMARTS) is 1. The molecule has 0 aliphatic carbocycles. The minimum atomic E-state index is -1.13. The van der Waals surface area contributed by atoms with Crippen molar-refractivity contribution in [3.63, 3.8) is 0 Å². The van der Waals surface area contributed by atoms with Gasteiger partial charge in [0.1, 0.15) is 16.8 Å². The first kappa shape index (κ1) is 17.8. The molecular weight excluding hydrogens is 338 g/mol. The lowest BCUT2D eigenvalue weighted by atomic mass is 10.2. The van der Waals surface area contributed by atoms with Gasteiger partial charge in [0.05, 0.1) is 13.7 Å². The molecule has 0 aliphatic rings. The smallest absolute Gasteiger partial charge is 0.328 e. The first-order valence-corrected chi connectivity index (χ1v) is 7.37. The summed E-state index contributed by atoms with van der Waals surface area (Å²) in [5, 5.41) is 12.0. The highest BCUT2D eigenvalue weighted by molar-refractivity contribution is 6.30. The van der Waals surface area contributed by atoms with Gasteiger partial charge in [-0.05, 0) is 17.7 Å². The number of ether oxygens (including phenoxy) is 1. The number of halogens is 1. The molecule has 1 aromatic heterocycles. The fourth-order valence-electron chi connectivity index (χ4n) is 2.03. The number of rotatable bonds is 7. The second-order valence-electron chi connectivity index (χ2n) is 5.01. The van der Waals surface area contributed by atoms with Gasteiger partial charge in [-0.15, -0.1) is 0 Å². The Kier molecular flexibility index (Phi) is 5.78. The number of nitrogens with one attached hydrogen (secondary N) is 2. The van der Waals surface area contributed by atoms with Crippen LogP contribution >= 0.6 is 11.6 Å². The van der Waals surface area contributed by atoms with Crippen molar-refractivity contribution < 1.29 is 14.6 Å². The molecule has 0 amide bonds. The van der Waals surface area contributed by atoms with Crippen LogP contribution in [0, 0.1) is 0 Å². The second-order valence-corrected chi connectivity index (χ2v) is 5.42. The van der Waals surface area contributed by atoms with Crippen LogP contribution < -0.4 is 21.3 Å². The maximum Gasteiger partial charge on any atom is 0.328 e. The van der Waals surface area contributed by atoms with Crippen molar-refractivity contribution >= 4 is 17.6 Å². The van der Waals surface area contributed by atoms with Crippen LogP contribution in [0.2, 0.25) is 5.02 Å². The average Bonchev–Trinajstić information content (AvgIpc) is 2.56. The molecule has 0 saturated heterocycles. The molecule has 1 aromatic carbocycles. The van der Waals surface area contributed by atoms with E-state index in [1.54, 1.807) is 31.4 Å². The molecule has 0 radical (unpaired) electrons. The summed E-state index contributed by atoms with van der Waals surface area (Å²) in [6.07, 6.45) is 1.12. The van der Waals surface area contributed by atoms with Crippen LogP contribution in [0.4, 0.5) is 0 Å². The SMILES string of the molecule is COc1ccc(CN[C@@H](Cn2cc(Cl)c(=O)[nH]c2=O)C(=O)O)cc1. The predicted octanol–water partition coefficient (Wildman–Crippen LogP) is 0.442. The van der Waals surface area contributed by atoms with Crippen molar-refractivity contribution in [3.8, 4) is 5.75 Å². The molecule has 0 saturated carbocycles. The summed E-state index contributed by atoms with van der Waals surface area (Å²) >= 11 is 5.67. The topological polar surface area (TPSA) is 113 Å². The van der Waals surface area contributed by atoms with Gasteiger partial charge in [-0.1, -0.05) is 23.7 Å². The third-order valence-corrected chi connectivity index (χ3v) is 3.63. The summed E-state index contributed by atoms with van der Waals surface area (Å²) in [6.45, 7) is 0.105. The average molecular weight is 354 g/mol. The Morgan fingerprint density at radius 1 is 1.38 bits per heavy atom. The Morgan fingerprint density at radius 3 is 2.62 bits per heavy atom. The number of aromatic amines is 1. The van der Waals surface area contributed by atoms with Gasteiger partial charge >= 0.3 is 11.7 Å². The Hall–Kier alpha value is -2.58. The molecule has 128 valence electrons. The van der Waals surface area contributed by atoms with E-state index in [0.717, 1.165) is 16.3 Å². The van der Waals surface area contributed by atoms with E-state index in [0.29, 0.717) is 5.75 Å². The Bertz CT molecular complexity index is 828. The van der Waals surface area contributed by atoms with E-state index in [9.17, 15) is 19.5 Å². The molecule has 2 aromatic rings. The Morgan fingerprint density at radius 2 is 2.04 bits per heavy atom. The minimum absolute atomic E-state index is 0.180. The van der Waals surface area contributed by atoms with E-state index >= 15 is 0 Å².